The Bertz CT molecular complexity index is 1720. The molecule has 2 saturated heterocycles. The van der Waals surface area contributed by atoms with Crippen LogP contribution in [0.4, 0.5) is 26.3 Å². The van der Waals surface area contributed by atoms with Crippen molar-refractivity contribution in [2.45, 2.75) is 83.5 Å². The standard InChI is InChI=1S/C36H38F6N2O7/c1-34(2,3)27-29(33(46)47)44(32(45)26-14-7-8-15-49-26)28(30(27)50-19-21-16-22(35(37,38)39)18-43-31(21)48-4)25-13-6-5-12-24(25)20-10-9-11-23(17-20)51-36(40,41)42/h5-6,9-13,16-18,26-30H,7-8,14-15,19H2,1-4H3,(H,46,47)/t26-,27+,28-,29-,30-/m0/s1. The second kappa shape index (κ2) is 14.7. The van der Waals surface area contributed by atoms with Crippen LogP contribution in [0.1, 0.15) is 62.8 Å². The van der Waals surface area contributed by atoms with Gasteiger partial charge in [0, 0.05) is 24.3 Å². The molecule has 2 aliphatic rings. The number of carboxylic acid groups (broad SMARTS) is 1. The first-order valence-corrected chi connectivity index (χ1v) is 16.2. The number of benzene rings is 2. The molecule has 0 saturated carbocycles. The number of likely N-dealkylation sites (tertiary alicyclic amines) is 1. The number of carboxylic acids is 1. The van der Waals surface area contributed by atoms with E-state index in [1.54, 1.807) is 51.1 Å². The number of hydrogen-bond donors (Lipinski definition) is 1. The van der Waals surface area contributed by atoms with Crippen molar-refractivity contribution in [1.82, 2.24) is 9.88 Å². The van der Waals surface area contributed by atoms with Crippen molar-refractivity contribution in [3.63, 3.8) is 0 Å². The number of methoxy groups -OCH3 is 1. The van der Waals surface area contributed by atoms with Gasteiger partial charge in [-0.25, -0.2) is 9.78 Å². The average Bonchev–Trinajstić information content (AvgIpc) is 3.42. The summed E-state index contributed by atoms with van der Waals surface area (Å²) in [4.78, 5) is 32.8. The molecule has 1 aromatic heterocycles. The Morgan fingerprint density at radius 3 is 2.33 bits per heavy atom. The maximum absolute atomic E-state index is 14.5. The number of halogens is 6. The molecule has 1 amide bonds. The van der Waals surface area contributed by atoms with Crippen molar-refractivity contribution in [3.8, 4) is 22.8 Å². The Labute approximate surface area is 290 Å². The number of aliphatic carboxylic acids is 1. The van der Waals surface area contributed by atoms with E-state index in [9.17, 15) is 41.0 Å². The zero-order valence-corrected chi connectivity index (χ0v) is 28.3. The van der Waals surface area contributed by atoms with Crippen LogP contribution >= 0.6 is 0 Å². The summed E-state index contributed by atoms with van der Waals surface area (Å²) in [5.74, 6) is -3.56. The zero-order chi connectivity index (χ0) is 37.3. The molecule has 51 heavy (non-hydrogen) atoms. The minimum Gasteiger partial charge on any atom is -0.481 e. The van der Waals surface area contributed by atoms with Crippen LogP contribution in [0.2, 0.25) is 0 Å². The van der Waals surface area contributed by atoms with Crippen LogP contribution in [0, 0.1) is 11.3 Å². The second-order valence-corrected chi connectivity index (χ2v) is 13.5. The van der Waals surface area contributed by atoms with E-state index >= 15 is 0 Å². The van der Waals surface area contributed by atoms with E-state index in [-0.39, 0.29) is 23.6 Å². The maximum atomic E-state index is 14.5. The molecule has 3 aromatic rings. The molecule has 0 spiro atoms. The molecule has 5 atom stereocenters. The van der Waals surface area contributed by atoms with Gasteiger partial charge >= 0.3 is 18.5 Å². The van der Waals surface area contributed by atoms with Crippen molar-refractivity contribution < 1.29 is 60.0 Å². The third-order valence-corrected chi connectivity index (χ3v) is 9.10. The Balaban J connectivity index is 1.70. The summed E-state index contributed by atoms with van der Waals surface area (Å²) in [5.41, 5.74) is -1.05. The van der Waals surface area contributed by atoms with Crippen molar-refractivity contribution >= 4 is 11.9 Å². The molecular weight excluding hydrogens is 686 g/mol. The molecular formula is C36H38F6N2O7. The van der Waals surface area contributed by atoms with Gasteiger partial charge in [-0.2, -0.15) is 13.2 Å². The van der Waals surface area contributed by atoms with Gasteiger partial charge in [0.05, 0.1) is 31.4 Å². The third-order valence-electron chi connectivity index (χ3n) is 9.10. The first-order valence-electron chi connectivity index (χ1n) is 16.2. The molecule has 0 radical (unpaired) electrons. The summed E-state index contributed by atoms with van der Waals surface area (Å²) >= 11 is 0. The summed E-state index contributed by atoms with van der Waals surface area (Å²) in [6, 6.07) is 9.83. The zero-order valence-electron chi connectivity index (χ0n) is 28.3. The summed E-state index contributed by atoms with van der Waals surface area (Å²) in [6.45, 7) is 5.06. The first kappa shape index (κ1) is 37.9. The highest BCUT2D eigenvalue weighted by Crippen LogP contribution is 2.52. The number of amides is 1. The minimum absolute atomic E-state index is 0.0729. The summed E-state index contributed by atoms with van der Waals surface area (Å²) in [6.07, 6.45) is -9.56. The topological polar surface area (TPSA) is 107 Å². The summed E-state index contributed by atoms with van der Waals surface area (Å²) in [7, 11) is 1.23. The molecule has 5 rings (SSSR count). The predicted octanol–water partition coefficient (Wildman–Crippen LogP) is 7.83. The van der Waals surface area contributed by atoms with Gasteiger partial charge in [0.15, 0.2) is 0 Å². The molecule has 1 N–H and O–H groups in total. The van der Waals surface area contributed by atoms with Crippen molar-refractivity contribution in [1.29, 1.82) is 0 Å². The van der Waals surface area contributed by atoms with Crippen LogP contribution in [0.3, 0.4) is 0 Å². The Morgan fingerprint density at radius 1 is 1.00 bits per heavy atom. The van der Waals surface area contributed by atoms with E-state index in [1.807, 2.05) is 0 Å². The van der Waals surface area contributed by atoms with Gasteiger partial charge in [0.2, 0.25) is 5.88 Å². The number of hydrogen-bond acceptors (Lipinski definition) is 7. The summed E-state index contributed by atoms with van der Waals surface area (Å²) < 4.78 is 102. The number of alkyl halides is 6. The second-order valence-electron chi connectivity index (χ2n) is 13.5. The number of rotatable bonds is 9. The van der Waals surface area contributed by atoms with E-state index in [1.165, 1.54) is 24.1 Å². The fraction of sp³-hybridized carbons (Fsp3) is 0.472. The number of aromatic nitrogens is 1. The number of nitrogens with zero attached hydrogens (tertiary/aromatic N) is 2. The molecule has 9 nitrogen and oxygen atoms in total. The van der Waals surface area contributed by atoms with Gasteiger partial charge in [0.25, 0.3) is 5.91 Å². The van der Waals surface area contributed by atoms with Crippen molar-refractivity contribution in [2.24, 2.45) is 11.3 Å². The number of ether oxygens (including phenoxy) is 4. The predicted molar refractivity (Wildman–Crippen MR) is 170 cm³/mol. The van der Waals surface area contributed by atoms with E-state index in [0.29, 0.717) is 36.6 Å². The lowest BCUT2D eigenvalue weighted by Crippen LogP contribution is -2.51. The van der Waals surface area contributed by atoms with E-state index < -0.39 is 78.0 Å². The van der Waals surface area contributed by atoms with Gasteiger partial charge in [-0.1, -0.05) is 57.2 Å². The number of pyridine rings is 1. The van der Waals surface area contributed by atoms with Gasteiger partial charge in [-0.15, -0.1) is 13.2 Å². The Morgan fingerprint density at radius 2 is 1.73 bits per heavy atom. The van der Waals surface area contributed by atoms with E-state index in [0.717, 1.165) is 12.1 Å². The first-order chi connectivity index (χ1) is 23.9. The van der Waals surface area contributed by atoms with Crippen LogP contribution in [0.15, 0.2) is 60.8 Å². The lowest BCUT2D eigenvalue weighted by atomic mass is 9.73. The SMILES string of the molecule is COc1ncc(C(F)(F)F)cc1CO[C@H]1[C@H](C(C)(C)C)[C@@H](C(=O)O)N(C(=O)[C@@H]2CCCCO2)[C@H]1c1ccccc1-c1cccc(OC(F)(F)F)c1. The molecule has 3 heterocycles. The van der Waals surface area contributed by atoms with Crippen LogP contribution in [0.25, 0.3) is 11.1 Å². The Hall–Kier alpha value is -4.37. The quantitative estimate of drug-likeness (QED) is 0.223. The molecule has 2 aliphatic heterocycles. The highest BCUT2D eigenvalue weighted by molar-refractivity contribution is 5.89. The smallest absolute Gasteiger partial charge is 0.481 e. The van der Waals surface area contributed by atoms with E-state index in [4.69, 9.17) is 14.2 Å². The molecule has 0 bridgehead atoms. The highest BCUT2D eigenvalue weighted by atomic mass is 19.4. The molecule has 15 heteroatoms. The van der Waals surface area contributed by atoms with Crippen LogP contribution < -0.4 is 9.47 Å². The normalized spacial score (nSPS) is 22.9. The average molecular weight is 725 g/mol. The van der Waals surface area contributed by atoms with Gasteiger partial charge in [-0.05, 0) is 59.6 Å². The fourth-order valence-corrected chi connectivity index (χ4v) is 7.02. The van der Waals surface area contributed by atoms with Crippen LogP contribution in [-0.2, 0) is 31.8 Å². The number of carbonyl (C=O) groups is 2. The van der Waals surface area contributed by atoms with Gasteiger partial charge in [-0.3, -0.25) is 4.79 Å². The maximum Gasteiger partial charge on any atom is 0.573 e. The molecule has 2 aromatic carbocycles. The largest absolute Gasteiger partial charge is 0.573 e. The fourth-order valence-electron chi connectivity index (χ4n) is 7.02. The van der Waals surface area contributed by atoms with E-state index in [2.05, 4.69) is 9.72 Å². The lowest BCUT2D eigenvalue weighted by Gasteiger charge is -2.35. The Kier molecular flexibility index (Phi) is 10.9. The minimum atomic E-state index is -4.97. The molecule has 2 fully saturated rings. The number of carbonyl (C=O) groups excluding carboxylic acids is 1. The molecule has 0 unspecified atom stereocenters. The van der Waals surface area contributed by atoms with Gasteiger partial charge < -0.3 is 29.0 Å². The van der Waals surface area contributed by atoms with Crippen molar-refractivity contribution in [3.05, 3.63) is 77.5 Å². The lowest BCUT2D eigenvalue weighted by molar-refractivity contribution is -0.274. The molecule has 276 valence electrons. The summed E-state index contributed by atoms with van der Waals surface area (Å²) in [5, 5.41) is 10.8. The van der Waals surface area contributed by atoms with Crippen molar-refractivity contribution in [2.75, 3.05) is 13.7 Å². The highest BCUT2D eigenvalue weighted by Gasteiger charge is 2.60. The van der Waals surface area contributed by atoms with Crippen LogP contribution in [0.5, 0.6) is 11.6 Å². The monoisotopic (exact) mass is 724 g/mol. The van der Waals surface area contributed by atoms with Crippen LogP contribution in [-0.4, -0.2) is 65.2 Å². The molecule has 0 aliphatic carbocycles. The third kappa shape index (κ3) is 8.41. The van der Waals surface area contributed by atoms with Gasteiger partial charge in [0.1, 0.15) is 17.9 Å².